The molecule has 0 heterocycles. The lowest BCUT2D eigenvalue weighted by atomic mass is 9.68. The molecule has 0 radical (unpaired) electrons. The number of unbranched alkanes of at least 4 members (excludes halogenated alkanes) is 2. The monoisotopic (exact) mass is 658 g/mol. The smallest absolute Gasteiger partial charge is 0.200 e. The fraction of sp³-hybridized carbons (Fsp3) is 0.806. The van der Waals surface area contributed by atoms with E-state index >= 15 is 0 Å². The molecule has 254 valence electrons. The first kappa shape index (κ1) is 36.8. The van der Waals surface area contributed by atoms with Crippen molar-refractivity contribution >= 4 is 0 Å². The summed E-state index contributed by atoms with van der Waals surface area (Å²) in [6.07, 6.45) is 3.28. The Hall–Kier alpha value is -1.69. The van der Waals surface area contributed by atoms with Crippen molar-refractivity contribution in [1.29, 1.82) is 0 Å². The van der Waals surface area contributed by atoms with Gasteiger partial charge in [-0.25, -0.2) is 0 Å². The van der Waals surface area contributed by atoms with E-state index in [4.69, 9.17) is 0 Å². The van der Waals surface area contributed by atoms with Crippen LogP contribution in [0.5, 0.6) is 0 Å². The first-order chi connectivity index (χ1) is 20.2. The van der Waals surface area contributed by atoms with Crippen molar-refractivity contribution in [2.75, 3.05) is 0 Å². The molecule has 44 heavy (non-hydrogen) atoms. The first-order valence-corrected chi connectivity index (χ1v) is 15.2. The Kier molecular flexibility index (Phi) is 11.3. The van der Waals surface area contributed by atoms with Gasteiger partial charge in [-0.1, -0.05) is 69.7 Å². The summed E-state index contributed by atoms with van der Waals surface area (Å²) in [6, 6.07) is 5.73. The highest BCUT2D eigenvalue weighted by atomic mass is 19.4. The molecule has 2 fully saturated rings. The number of hydrogen-bond donors (Lipinski definition) is 0. The van der Waals surface area contributed by atoms with E-state index in [9.17, 15) is 57.1 Å². The highest BCUT2D eigenvalue weighted by Crippen LogP contribution is 2.60. The lowest BCUT2D eigenvalue weighted by Gasteiger charge is -2.39. The summed E-state index contributed by atoms with van der Waals surface area (Å²) in [7, 11) is 0. The lowest BCUT2D eigenvalue weighted by Crippen LogP contribution is -2.70. The molecule has 0 amide bonds. The number of benzene rings is 1. The molecule has 1 aromatic rings. The fourth-order valence-corrected chi connectivity index (χ4v) is 6.77. The molecule has 0 aliphatic heterocycles. The van der Waals surface area contributed by atoms with Gasteiger partial charge in [0.15, 0.2) is 0 Å². The van der Waals surface area contributed by atoms with Crippen LogP contribution in [0.2, 0.25) is 0 Å². The molecule has 2 aliphatic carbocycles. The van der Waals surface area contributed by atoms with Crippen LogP contribution in [-0.2, 0) is 6.42 Å². The van der Waals surface area contributed by atoms with Gasteiger partial charge in [-0.05, 0) is 79.7 Å². The Morgan fingerprint density at radius 1 is 0.568 bits per heavy atom. The summed E-state index contributed by atoms with van der Waals surface area (Å²) in [6.45, 7) is 2.19. The summed E-state index contributed by atoms with van der Waals surface area (Å²) in [5, 5.41) is 0. The van der Waals surface area contributed by atoms with Crippen LogP contribution in [-0.4, -0.2) is 35.8 Å². The fourth-order valence-electron chi connectivity index (χ4n) is 6.77. The maximum atomic E-state index is 14.2. The molecular formula is C31H39F13. The number of halogens is 13. The normalized spacial score (nSPS) is 24.9. The molecule has 0 N–H and O–H groups in total. The van der Waals surface area contributed by atoms with Crippen LogP contribution in [0.25, 0.3) is 0 Å². The summed E-state index contributed by atoms with van der Waals surface area (Å²) in [5.74, 6) is -34.3. The third kappa shape index (κ3) is 7.31. The summed E-state index contributed by atoms with van der Waals surface area (Å²) >= 11 is 0. The van der Waals surface area contributed by atoms with Crippen molar-refractivity contribution in [3.05, 3.63) is 35.4 Å². The van der Waals surface area contributed by atoms with E-state index in [0.29, 0.717) is 11.8 Å². The van der Waals surface area contributed by atoms with Crippen molar-refractivity contribution in [2.24, 2.45) is 17.8 Å². The Morgan fingerprint density at radius 3 is 1.52 bits per heavy atom. The minimum atomic E-state index is -7.86. The molecule has 2 saturated carbocycles. The van der Waals surface area contributed by atoms with Gasteiger partial charge in [-0.2, -0.15) is 57.1 Å². The highest BCUT2D eigenvalue weighted by Gasteiger charge is 2.90. The highest BCUT2D eigenvalue weighted by molar-refractivity contribution is 5.26. The second-order valence-corrected chi connectivity index (χ2v) is 12.6. The molecule has 0 aromatic heterocycles. The average molecular weight is 659 g/mol. The maximum absolute atomic E-state index is 14.2. The van der Waals surface area contributed by atoms with E-state index in [1.54, 1.807) is 12.1 Å². The second-order valence-electron chi connectivity index (χ2n) is 12.6. The molecule has 0 bridgehead atoms. The van der Waals surface area contributed by atoms with E-state index in [2.05, 4.69) is 6.92 Å². The Bertz CT molecular complexity index is 1030. The van der Waals surface area contributed by atoms with Crippen LogP contribution >= 0.6 is 0 Å². The zero-order valence-electron chi connectivity index (χ0n) is 24.4. The molecule has 13 heteroatoms. The topological polar surface area (TPSA) is 0 Å². The lowest BCUT2D eigenvalue weighted by molar-refractivity contribution is -0.440. The first-order valence-electron chi connectivity index (χ1n) is 15.2. The van der Waals surface area contributed by atoms with Crippen LogP contribution in [0.3, 0.4) is 0 Å². The zero-order chi connectivity index (χ0) is 33.2. The van der Waals surface area contributed by atoms with E-state index in [1.807, 2.05) is 0 Å². The minimum Gasteiger partial charge on any atom is -0.200 e. The van der Waals surface area contributed by atoms with Crippen LogP contribution in [0.1, 0.15) is 107 Å². The van der Waals surface area contributed by atoms with Crippen LogP contribution in [0, 0.1) is 17.8 Å². The SMILES string of the molecule is CCCCCC1CCC(C2CCC(c3ccc(CCC(F)(F)C(F)(F)C(F)(F)C(F)(F)C(F)(F)C(F)(F)F)cc3)CC2)CC1. The third-order valence-corrected chi connectivity index (χ3v) is 9.72. The van der Waals surface area contributed by atoms with Gasteiger partial charge in [0.2, 0.25) is 0 Å². The van der Waals surface area contributed by atoms with Crippen molar-refractivity contribution < 1.29 is 57.1 Å². The van der Waals surface area contributed by atoms with Gasteiger partial charge in [0.1, 0.15) is 0 Å². The Morgan fingerprint density at radius 2 is 1.05 bits per heavy atom. The third-order valence-electron chi connectivity index (χ3n) is 9.72. The van der Waals surface area contributed by atoms with Gasteiger partial charge in [-0.3, -0.25) is 0 Å². The minimum absolute atomic E-state index is 0.0516. The molecule has 0 atom stereocenters. The molecule has 0 spiro atoms. The van der Waals surface area contributed by atoms with E-state index in [1.165, 1.54) is 63.5 Å². The quantitative estimate of drug-likeness (QED) is 0.146. The maximum Gasteiger partial charge on any atom is 0.460 e. The summed E-state index contributed by atoms with van der Waals surface area (Å²) < 4.78 is 173. The van der Waals surface area contributed by atoms with Gasteiger partial charge in [0.05, 0.1) is 0 Å². The molecule has 0 saturated heterocycles. The predicted octanol–water partition coefficient (Wildman–Crippen LogP) is 12.0. The Labute approximate surface area is 249 Å². The number of hydrogen-bond acceptors (Lipinski definition) is 0. The van der Waals surface area contributed by atoms with Crippen LogP contribution < -0.4 is 0 Å². The zero-order valence-corrected chi connectivity index (χ0v) is 24.4. The van der Waals surface area contributed by atoms with E-state index < -0.39 is 48.6 Å². The van der Waals surface area contributed by atoms with Gasteiger partial charge in [0, 0.05) is 6.42 Å². The van der Waals surface area contributed by atoms with E-state index in [0.717, 1.165) is 37.2 Å². The molecule has 1 aromatic carbocycles. The average Bonchev–Trinajstić information content (AvgIpc) is 2.96. The molecule has 0 unspecified atom stereocenters. The van der Waals surface area contributed by atoms with E-state index in [-0.39, 0.29) is 11.5 Å². The summed E-state index contributed by atoms with van der Waals surface area (Å²) in [4.78, 5) is 0. The van der Waals surface area contributed by atoms with Gasteiger partial charge < -0.3 is 0 Å². The number of alkyl halides is 13. The number of rotatable bonds is 13. The van der Waals surface area contributed by atoms with Crippen molar-refractivity contribution in [1.82, 2.24) is 0 Å². The molecule has 0 nitrogen and oxygen atoms in total. The van der Waals surface area contributed by atoms with Crippen LogP contribution in [0.15, 0.2) is 24.3 Å². The molecule has 3 rings (SSSR count). The summed E-state index contributed by atoms with van der Waals surface area (Å²) in [5.41, 5.74) is 0.814. The van der Waals surface area contributed by atoms with Gasteiger partial charge >= 0.3 is 35.8 Å². The van der Waals surface area contributed by atoms with Gasteiger partial charge in [-0.15, -0.1) is 0 Å². The van der Waals surface area contributed by atoms with Crippen molar-refractivity contribution in [2.45, 2.75) is 139 Å². The van der Waals surface area contributed by atoms with Crippen LogP contribution in [0.4, 0.5) is 57.1 Å². The standard InChI is InChI=1S/C31H39F13/c1-2-3-4-5-20-6-10-22(11-7-20)24-14-16-25(17-15-24)23-12-8-21(9-13-23)18-19-26(32,33)27(34,35)28(36,37)29(38,39)30(40,41)31(42,43)44/h8-9,12-13,20,22,24-25H,2-7,10-11,14-19H2,1H3. The second kappa shape index (κ2) is 13.6. The Balaban J connectivity index is 1.55. The van der Waals surface area contributed by atoms with Crippen molar-refractivity contribution in [3.8, 4) is 0 Å². The molecular weight excluding hydrogens is 619 g/mol. The largest absolute Gasteiger partial charge is 0.460 e. The number of aryl methyl sites for hydroxylation is 1. The molecule has 2 aliphatic rings. The van der Waals surface area contributed by atoms with Gasteiger partial charge in [0.25, 0.3) is 0 Å². The van der Waals surface area contributed by atoms with Crippen molar-refractivity contribution in [3.63, 3.8) is 0 Å². The predicted molar refractivity (Wildman–Crippen MR) is 140 cm³/mol.